The van der Waals surface area contributed by atoms with Gasteiger partial charge in [-0.05, 0) is 96.8 Å². The van der Waals surface area contributed by atoms with E-state index in [1.165, 1.54) is 62.1 Å². The molecule has 8 nitrogen and oxygen atoms in total. The highest BCUT2D eigenvalue weighted by Gasteiger charge is 2.51. The molecule has 17 rings (SSSR count). The number of halogens is 1. The number of hydrogen-bond donors (Lipinski definition) is 0. The summed E-state index contributed by atoms with van der Waals surface area (Å²) in [6.07, 6.45) is 0. The molecule has 0 radical (unpaired) electrons. The zero-order chi connectivity index (χ0) is 62.3. The summed E-state index contributed by atoms with van der Waals surface area (Å²) in [4.78, 5) is 29.1. The van der Waals surface area contributed by atoms with Crippen molar-refractivity contribution in [1.82, 2.24) is 29.9 Å². The minimum atomic E-state index is -0.445. The van der Waals surface area contributed by atoms with Crippen molar-refractivity contribution >= 4 is 109 Å². The second-order valence-corrected chi connectivity index (χ2v) is 26.3. The minimum absolute atomic E-state index is 0.401. The van der Waals surface area contributed by atoms with Crippen LogP contribution in [-0.4, -0.2) is 48.2 Å². The fraction of sp³-hybridized carbons (Fsp3) is 0.0750. The van der Waals surface area contributed by atoms with Crippen molar-refractivity contribution < 1.29 is 9.31 Å². The molecule has 0 amide bonds. The first-order valence-corrected chi connectivity index (χ1v) is 32.6. The predicted molar refractivity (Wildman–Crippen MR) is 386 cm³/mol. The van der Waals surface area contributed by atoms with Crippen LogP contribution in [0, 0.1) is 0 Å². The summed E-state index contributed by atoms with van der Waals surface area (Å²) < 4.78 is 17.8. The molecule has 1 saturated heterocycles. The normalized spacial score (nSPS) is 13.3. The topological polar surface area (TPSA) is 95.8 Å². The number of benzene rings is 12. The lowest BCUT2D eigenvalue weighted by Crippen LogP contribution is -2.41. The van der Waals surface area contributed by atoms with Crippen molar-refractivity contribution in [3.8, 4) is 79.5 Å². The van der Waals surface area contributed by atoms with Gasteiger partial charge in [-0.1, -0.05) is 254 Å². The molecule has 0 saturated carbocycles. The average molecular weight is 1250 g/mol. The van der Waals surface area contributed by atoms with Crippen LogP contribution < -0.4 is 5.46 Å². The molecule has 12 aromatic carbocycles. The molecule has 1 fully saturated rings. The Bertz CT molecular complexity index is 5270. The van der Waals surface area contributed by atoms with E-state index < -0.39 is 18.3 Å². The monoisotopic (exact) mass is 1240 g/mol. The van der Waals surface area contributed by atoms with Gasteiger partial charge in [0.25, 0.3) is 0 Å². The van der Waals surface area contributed by atoms with Crippen LogP contribution in [0.4, 0.5) is 0 Å². The van der Waals surface area contributed by atoms with Gasteiger partial charge in [0.15, 0.2) is 34.9 Å². The zero-order valence-corrected chi connectivity index (χ0v) is 53.2. The van der Waals surface area contributed by atoms with Crippen molar-refractivity contribution in [3.05, 3.63) is 284 Å². The lowest BCUT2D eigenvalue weighted by molar-refractivity contribution is 0.00578. The number of thiophene rings is 2. The van der Waals surface area contributed by atoms with E-state index in [0.29, 0.717) is 34.9 Å². The second-order valence-electron chi connectivity index (χ2n) is 23.7. The summed E-state index contributed by atoms with van der Waals surface area (Å²) in [5.41, 5.74) is 8.13. The van der Waals surface area contributed by atoms with E-state index in [-0.39, 0.29) is 0 Å². The summed E-state index contributed by atoms with van der Waals surface area (Å²) in [6, 6.07) is 95.5. The van der Waals surface area contributed by atoms with Crippen LogP contribution in [0.25, 0.3) is 141 Å². The Hall–Kier alpha value is -10.1. The maximum absolute atomic E-state index is 6.28. The SMILES string of the molecule is CC1(C)OB(c2cccc(-c3nc(-c4ccccc4)nc(-c4ccccc4)n3)c2)OC1(C)C.Clc1cccc2c1ccc1sc3ccccc3c12.c1ccc(-c2nc(-c3ccccc3)nc(-c3cccc(-c4cccc5c4ccc4sc6ccccc6c45)c3)n2)cc1. The van der Waals surface area contributed by atoms with Gasteiger partial charge in [-0.2, -0.15) is 0 Å². The van der Waals surface area contributed by atoms with E-state index in [9.17, 15) is 0 Å². The Kier molecular flexibility index (Phi) is 15.6. The molecule has 1 aliphatic rings. The third-order valence-corrected chi connectivity index (χ3v) is 19.8. The lowest BCUT2D eigenvalue weighted by atomic mass is 9.78. The summed E-state index contributed by atoms with van der Waals surface area (Å²) in [7, 11) is -0.445. The lowest BCUT2D eigenvalue weighted by Gasteiger charge is -2.32. The van der Waals surface area contributed by atoms with Gasteiger partial charge < -0.3 is 9.31 Å². The molecule has 5 heterocycles. The predicted octanol–water partition coefficient (Wildman–Crippen LogP) is 21.1. The molecule has 0 spiro atoms. The van der Waals surface area contributed by atoms with Crippen molar-refractivity contribution in [1.29, 1.82) is 0 Å². The maximum Gasteiger partial charge on any atom is 0.494 e. The number of aromatic nitrogens is 6. The van der Waals surface area contributed by atoms with E-state index >= 15 is 0 Å². The highest BCUT2D eigenvalue weighted by atomic mass is 35.5. The van der Waals surface area contributed by atoms with E-state index in [0.717, 1.165) is 54.8 Å². The van der Waals surface area contributed by atoms with Gasteiger partial charge in [-0.25, -0.2) is 29.9 Å². The molecular weight excluding hydrogens is 1190 g/mol. The Morgan fingerprint density at radius 1 is 0.293 bits per heavy atom. The number of hydrogen-bond acceptors (Lipinski definition) is 10. The molecule has 0 bridgehead atoms. The maximum atomic E-state index is 6.28. The van der Waals surface area contributed by atoms with Crippen molar-refractivity contribution in [3.63, 3.8) is 0 Å². The highest BCUT2D eigenvalue weighted by molar-refractivity contribution is 7.26. The first-order chi connectivity index (χ1) is 45.0. The molecule has 0 atom stereocenters. The minimum Gasteiger partial charge on any atom is -0.399 e. The van der Waals surface area contributed by atoms with Gasteiger partial charge in [-0.3, -0.25) is 0 Å². The molecule has 0 aliphatic carbocycles. The van der Waals surface area contributed by atoms with Crippen LogP contribution in [0.1, 0.15) is 27.7 Å². The van der Waals surface area contributed by atoms with E-state index in [1.54, 1.807) is 0 Å². The number of nitrogens with zero attached hydrogens (tertiary/aromatic N) is 6. The fourth-order valence-electron chi connectivity index (χ4n) is 11.9. The van der Waals surface area contributed by atoms with E-state index in [1.807, 2.05) is 180 Å². The second kappa shape index (κ2) is 24.6. The Labute approximate surface area is 546 Å². The van der Waals surface area contributed by atoms with E-state index in [2.05, 4.69) is 149 Å². The molecule has 0 N–H and O–H groups in total. The Morgan fingerprint density at radius 2 is 0.641 bits per heavy atom. The molecule has 442 valence electrons. The van der Waals surface area contributed by atoms with Gasteiger partial charge >= 0.3 is 7.12 Å². The molecule has 92 heavy (non-hydrogen) atoms. The summed E-state index contributed by atoms with van der Waals surface area (Å²) in [5.74, 6) is 3.88. The van der Waals surface area contributed by atoms with E-state index in [4.69, 9.17) is 50.8 Å². The standard InChI is InChI=1S/C37H23N3S.C27H26BN3O2.C16H9ClS/c1-3-11-24(12-4-1)35-38-36(25-13-5-2-6-14-25)40-37(39-35)27-16-9-15-26(23-27)28-18-10-19-30-29(28)21-22-33-34(30)31-17-7-8-20-32(31)41-33;1-26(2)27(3,4)33-28(32-26)22-17-11-16-21(18-22)25-30-23(19-12-7-5-8-13-19)29-24(31-25)20-14-9-6-10-15-20;17-13-6-3-5-11-10(13)8-9-15-16(11)12-4-1-2-7-14(12)18-15/h1-23H;5-18H,1-4H3;1-9H. The molecule has 0 unspecified atom stereocenters. The van der Waals surface area contributed by atoms with Crippen LogP contribution in [-0.2, 0) is 9.31 Å². The van der Waals surface area contributed by atoms with Crippen LogP contribution in [0.5, 0.6) is 0 Å². The first kappa shape index (κ1) is 58.3. The summed E-state index contributed by atoms with van der Waals surface area (Å²) >= 11 is 9.97. The van der Waals surface area contributed by atoms with Gasteiger partial charge in [0.1, 0.15) is 0 Å². The fourth-order valence-corrected chi connectivity index (χ4v) is 14.4. The largest absolute Gasteiger partial charge is 0.494 e. The first-order valence-electron chi connectivity index (χ1n) is 30.6. The summed E-state index contributed by atoms with van der Waals surface area (Å²) in [6.45, 7) is 8.23. The van der Waals surface area contributed by atoms with Crippen molar-refractivity contribution in [2.24, 2.45) is 0 Å². The van der Waals surface area contributed by atoms with Gasteiger partial charge in [0.2, 0.25) is 0 Å². The molecule has 12 heteroatoms. The van der Waals surface area contributed by atoms with Crippen molar-refractivity contribution in [2.45, 2.75) is 38.9 Å². The smallest absolute Gasteiger partial charge is 0.399 e. The van der Waals surface area contributed by atoms with Crippen LogP contribution in [0.3, 0.4) is 0 Å². The van der Waals surface area contributed by atoms with Crippen LogP contribution >= 0.6 is 34.3 Å². The molecule has 1 aliphatic heterocycles. The van der Waals surface area contributed by atoms with Crippen LogP contribution in [0.2, 0.25) is 5.02 Å². The van der Waals surface area contributed by atoms with Crippen LogP contribution in [0.15, 0.2) is 279 Å². The number of fused-ring (bicyclic) bond motifs is 10. The number of rotatable bonds is 8. The third-order valence-electron chi connectivity index (χ3n) is 17.2. The Balaban J connectivity index is 0.000000123. The summed E-state index contributed by atoms with van der Waals surface area (Å²) in [5, 5.41) is 11.0. The molecular formula is C80H58BClN6O2S2. The van der Waals surface area contributed by atoms with Crippen molar-refractivity contribution in [2.75, 3.05) is 0 Å². The van der Waals surface area contributed by atoms with Gasteiger partial charge in [-0.15, -0.1) is 22.7 Å². The van der Waals surface area contributed by atoms with Gasteiger partial charge in [0.05, 0.1) is 11.2 Å². The Morgan fingerprint density at radius 3 is 1.12 bits per heavy atom. The molecule has 16 aromatic rings. The highest BCUT2D eigenvalue weighted by Crippen LogP contribution is 2.43. The van der Waals surface area contributed by atoms with Gasteiger partial charge in [0, 0.05) is 84.1 Å². The quantitative estimate of drug-likeness (QED) is 0.139. The molecule has 4 aromatic heterocycles. The zero-order valence-electron chi connectivity index (χ0n) is 50.8. The average Bonchev–Trinajstić information content (AvgIpc) is 1.57. The third kappa shape index (κ3) is 11.4.